The van der Waals surface area contributed by atoms with Crippen LogP contribution in [-0.4, -0.2) is 200 Å². The number of piperidine rings is 2. The lowest BCUT2D eigenvalue weighted by atomic mass is 9.88. The molecule has 2 atom stereocenters. The van der Waals surface area contributed by atoms with Gasteiger partial charge in [-0.1, -0.05) is 18.2 Å². The van der Waals surface area contributed by atoms with Gasteiger partial charge in [-0.15, -0.1) is 11.3 Å². The van der Waals surface area contributed by atoms with Crippen molar-refractivity contribution in [2.75, 3.05) is 157 Å². The van der Waals surface area contributed by atoms with Gasteiger partial charge in [0.2, 0.25) is 0 Å². The number of aliphatic hydroxyl groups is 4. The number of aliphatic hydroxyl groups excluding tert-OH is 4. The molecule has 20 nitrogen and oxygen atoms in total. The van der Waals surface area contributed by atoms with E-state index in [1.807, 2.05) is 49.6 Å². The van der Waals surface area contributed by atoms with E-state index in [0.29, 0.717) is 55.3 Å². The van der Waals surface area contributed by atoms with Gasteiger partial charge in [0, 0.05) is 155 Å². The Kier molecular flexibility index (Phi) is 20.2. The van der Waals surface area contributed by atoms with Crippen molar-refractivity contribution in [2.45, 2.75) is 125 Å². The first kappa shape index (κ1) is 64.4. The van der Waals surface area contributed by atoms with E-state index in [9.17, 15) is 20.4 Å². The van der Waals surface area contributed by atoms with Crippen LogP contribution in [-0.2, 0) is 0 Å². The highest BCUT2D eigenvalue weighted by Gasteiger charge is 2.36. The second kappa shape index (κ2) is 29.2. The van der Waals surface area contributed by atoms with Crippen LogP contribution in [0.3, 0.4) is 0 Å². The van der Waals surface area contributed by atoms with Gasteiger partial charge in [0.15, 0.2) is 0 Å². The Bertz CT molecular complexity index is 3820. The molecule has 4 saturated carbocycles. The van der Waals surface area contributed by atoms with Gasteiger partial charge in [0.1, 0.15) is 52.2 Å². The van der Waals surface area contributed by atoms with E-state index in [4.69, 9.17) is 39.4 Å². The summed E-state index contributed by atoms with van der Waals surface area (Å²) in [6.07, 6.45) is 16.3. The number of anilines is 6. The zero-order chi connectivity index (χ0) is 64.1. The fourth-order valence-corrected chi connectivity index (χ4v) is 15.2. The van der Waals surface area contributed by atoms with E-state index in [-0.39, 0.29) is 25.9 Å². The molecular weight excluding hydrogens is 1190 g/mol. The molecule has 5 aromatic heterocycles. The first-order valence-electron chi connectivity index (χ1n) is 34.2. The third-order valence-electron chi connectivity index (χ3n) is 20.3. The van der Waals surface area contributed by atoms with Crippen LogP contribution in [0.5, 0.6) is 11.5 Å². The van der Waals surface area contributed by atoms with Crippen molar-refractivity contribution >= 4 is 78.7 Å². The number of pyridine rings is 1. The second-order valence-corrected chi connectivity index (χ2v) is 27.6. The molecule has 4 aliphatic carbocycles. The molecule has 0 amide bonds. The van der Waals surface area contributed by atoms with Crippen molar-refractivity contribution in [3.05, 3.63) is 112 Å². The first-order chi connectivity index (χ1) is 45.5. The summed E-state index contributed by atoms with van der Waals surface area (Å²) in [5, 5.41) is 43.6. The molecule has 2 unspecified atom stereocenters. The van der Waals surface area contributed by atoms with Crippen LogP contribution < -0.4 is 38.9 Å². The molecule has 15 rings (SSSR count). The first-order valence-corrected chi connectivity index (χ1v) is 35.1. The van der Waals surface area contributed by atoms with E-state index < -0.39 is 0 Å². The summed E-state index contributed by atoms with van der Waals surface area (Å²) in [5.41, 5.74) is 6.41. The van der Waals surface area contributed by atoms with Crippen LogP contribution in [0.15, 0.2) is 84.4 Å². The molecule has 21 heteroatoms. The molecule has 7 aliphatic rings. The number of para-hydroxylation sites is 1. The Hall–Kier alpha value is -7.27. The Labute approximate surface area is 551 Å². The van der Waals surface area contributed by atoms with Crippen LogP contribution in [0, 0.1) is 0 Å². The third-order valence-corrected chi connectivity index (χ3v) is 21.3. The summed E-state index contributed by atoms with van der Waals surface area (Å²) in [6.45, 7) is 9.77. The van der Waals surface area contributed by atoms with Crippen molar-refractivity contribution in [1.82, 2.24) is 39.8 Å². The van der Waals surface area contributed by atoms with E-state index in [2.05, 4.69) is 106 Å². The fourth-order valence-electron chi connectivity index (χ4n) is 14.2. The molecule has 3 aliphatic heterocycles. The zero-order valence-electron chi connectivity index (χ0n) is 55.0. The van der Waals surface area contributed by atoms with Crippen molar-refractivity contribution in [3.63, 3.8) is 0 Å². The molecule has 3 aromatic carbocycles. The van der Waals surface area contributed by atoms with Crippen LogP contribution >= 0.6 is 11.3 Å². The highest BCUT2D eigenvalue weighted by molar-refractivity contribution is 7.10. The lowest BCUT2D eigenvalue weighted by Gasteiger charge is -2.40. The summed E-state index contributed by atoms with van der Waals surface area (Å²) in [7, 11) is 9.47. The molecule has 494 valence electrons. The molecule has 3 saturated heterocycles. The van der Waals surface area contributed by atoms with Gasteiger partial charge in [0.05, 0.1) is 62.9 Å². The zero-order valence-corrected chi connectivity index (χ0v) is 55.8. The molecule has 8 heterocycles. The minimum absolute atomic E-state index is 0.0939. The molecule has 4 N–H and O–H groups in total. The summed E-state index contributed by atoms with van der Waals surface area (Å²) in [4.78, 5) is 51.6. The van der Waals surface area contributed by atoms with Crippen molar-refractivity contribution in [2.24, 2.45) is 0 Å². The van der Waals surface area contributed by atoms with E-state index in [1.54, 1.807) is 14.2 Å². The largest absolute Gasteiger partial charge is 0.496 e. The van der Waals surface area contributed by atoms with Gasteiger partial charge in [-0.25, -0.2) is 34.9 Å². The lowest BCUT2D eigenvalue weighted by molar-refractivity contribution is 0.0671. The van der Waals surface area contributed by atoms with Crippen LogP contribution in [0.4, 0.5) is 34.6 Å². The highest BCUT2D eigenvalue weighted by Crippen LogP contribution is 2.46. The second-order valence-electron chi connectivity index (χ2n) is 26.6. The number of fused-ring (bicyclic) bond motifs is 3. The van der Waals surface area contributed by atoms with Gasteiger partial charge < -0.3 is 59.3 Å². The molecule has 7 fully saturated rings. The van der Waals surface area contributed by atoms with Crippen molar-refractivity contribution < 1.29 is 29.9 Å². The number of hydrogen-bond acceptors (Lipinski definition) is 21. The topological polar surface area (TPSA) is 212 Å². The SMILES string of the molecule is CN(CCO)c1ccc2nc(C3CC3)nc(N3CCN(C4CCCC4O)CC3)c2c1.COc1ccccc1C1CCN(c2nc(C3CC3)nc3cnc(N(C)CCO)cc23)CC1.COc1ccsc1C1CCN(c2nc(C3CC3)nc3ccc(N(C)CCO)cc23)CC1. The van der Waals surface area contributed by atoms with E-state index in [1.165, 1.54) is 49.0 Å². The van der Waals surface area contributed by atoms with Crippen LogP contribution in [0.2, 0.25) is 0 Å². The maximum absolute atomic E-state index is 10.3. The lowest BCUT2D eigenvalue weighted by Crippen LogP contribution is -2.52. The summed E-state index contributed by atoms with van der Waals surface area (Å²) in [5.74, 6) is 11.5. The minimum atomic E-state index is -0.164. The summed E-state index contributed by atoms with van der Waals surface area (Å²) < 4.78 is 11.2. The number of nitrogens with zero attached hydrogens (tertiary/aromatic N) is 14. The Morgan fingerprint density at radius 1 is 0.484 bits per heavy atom. The maximum atomic E-state index is 10.3. The molecule has 0 radical (unpaired) electrons. The predicted molar refractivity (Wildman–Crippen MR) is 373 cm³/mol. The third kappa shape index (κ3) is 14.7. The number of methoxy groups -OCH3 is 2. The van der Waals surface area contributed by atoms with Crippen LogP contribution in [0.25, 0.3) is 32.7 Å². The van der Waals surface area contributed by atoms with Gasteiger partial charge in [-0.05, 0) is 155 Å². The predicted octanol–water partition coefficient (Wildman–Crippen LogP) is 10.1. The minimum Gasteiger partial charge on any atom is -0.496 e. The molecule has 0 bridgehead atoms. The normalized spacial score (nSPS) is 19.8. The van der Waals surface area contributed by atoms with Crippen LogP contribution in [0.1, 0.15) is 141 Å². The monoisotopic (exact) mass is 1280 g/mol. The number of likely N-dealkylation sites (N-methyl/N-ethyl adjacent to an activating group) is 3. The van der Waals surface area contributed by atoms with Gasteiger partial charge in [-0.3, -0.25) is 4.90 Å². The fraction of sp³-hybridized carbons (Fsp3) is 0.542. The number of rotatable bonds is 20. The maximum Gasteiger partial charge on any atom is 0.140 e. The average molecular weight is 1280 g/mol. The van der Waals surface area contributed by atoms with Gasteiger partial charge in [-0.2, -0.15) is 0 Å². The van der Waals surface area contributed by atoms with Crippen molar-refractivity contribution in [3.8, 4) is 11.5 Å². The number of aromatic nitrogens is 7. The van der Waals surface area contributed by atoms with Gasteiger partial charge in [0.25, 0.3) is 0 Å². The van der Waals surface area contributed by atoms with Gasteiger partial charge >= 0.3 is 0 Å². The number of thiophene rings is 1. The Morgan fingerprint density at radius 3 is 1.46 bits per heavy atom. The molecular formula is C72H94N14O6S. The standard InChI is InChI=1S/C25H31N5O2.C24H30N4O2S.C23H33N5O2/c1-29(13-14-31)23-15-20-21(16-26-23)27-24(18-7-8-18)28-25(20)30-11-9-17(10-12-30)19-5-3-4-6-22(19)32-2;1-27(12-13-29)18-5-6-20-19(15-18)24(26-23(25-20)17-3-4-17)28-10-7-16(8-11-28)22-21(30-2)9-14-31-22;1-26(13-14-29)17-7-8-19-18(15-17)23(25-22(24-19)16-5-6-16)28-11-9-27(10-12-28)20-3-2-4-21(20)30/h3-6,15-18,31H,7-14H2,1-2H3;5-6,9,14-17,29H,3-4,7-8,10-13H2,1-2H3;7-8,15-16,20-21,29-30H,2-6,9-14H2,1H3. The average Bonchev–Trinajstić information content (AvgIpc) is 1.80. The number of benzene rings is 3. The highest BCUT2D eigenvalue weighted by atomic mass is 32.1. The molecule has 93 heavy (non-hydrogen) atoms. The molecule has 8 aromatic rings. The smallest absolute Gasteiger partial charge is 0.140 e. The Balaban J connectivity index is 0.000000127. The summed E-state index contributed by atoms with van der Waals surface area (Å²) >= 11 is 1.81. The quantitative estimate of drug-likeness (QED) is 0.0559. The number of piperazine rings is 1. The van der Waals surface area contributed by atoms with E-state index in [0.717, 1.165) is 194 Å². The van der Waals surface area contributed by atoms with Crippen molar-refractivity contribution in [1.29, 1.82) is 0 Å². The number of ether oxygens (including phenoxy) is 2. The Morgan fingerprint density at radius 2 is 0.968 bits per heavy atom. The summed E-state index contributed by atoms with van der Waals surface area (Å²) in [6, 6.07) is 25.6. The molecule has 0 spiro atoms. The van der Waals surface area contributed by atoms with E-state index >= 15 is 0 Å². The number of hydrogen-bond donors (Lipinski definition) is 4.